The van der Waals surface area contributed by atoms with Crippen LogP contribution in [0, 0.1) is 13.8 Å². The van der Waals surface area contributed by atoms with Gasteiger partial charge in [0.05, 0.1) is 27.7 Å². The molecule has 2 heterocycles. The molecule has 0 amide bonds. The van der Waals surface area contributed by atoms with E-state index >= 15 is 0 Å². The molecule has 8 heteroatoms. The van der Waals surface area contributed by atoms with Crippen LogP contribution in [-0.4, -0.2) is 43.2 Å². The molecule has 0 radical (unpaired) electrons. The molecule has 0 unspecified atom stereocenters. The summed E-state index contributed by atoms with van der Waals surface area (Å²) in [5, 5.41) is 30.3. The molecule has 0 saturated heterocycles. The lowest BCUT2D eigenvalue weighted by Crippen LogP contribution is -1.99. The summed E-state index contributed by atoms with van der Waals surface area (Å²) >= 11 is 0. The summed E-state index contributed by atoms with van der Waals surface area (Å²) in [6.45, 7) is 3.69. The van der Waals surface area contributed by atoms with E-state index in [4.69, 9.17) is 15.3 Å². The maximum atomic E-state index is 10.9. The number of hydrogen-bond acceptors (Lipinski definition) is 5. The average molecular weight is 547 g/mol. The average Bonchev–Trinajstić information content (AvgIpc) is 2.96. The number of carbonyl (C=O) groups is 3. The lowest BCUT2D eigenvalue weighted by molar-refractivity contribution is 0.0686. The fourth-order valence-corrected chi connectivity index (χ4v) is 4.16. The Morgan fingerprint density at radius 2 is 0.927 bits per heavy atom. The number of aromatic carboxylic acids is 3. The highest BCUT2D eigenvalue weighted by molar-refractivity contribution is 6.02. The summed E-state index contributed by atoms with van der Waals surface area (Å²) in [7, 11) is 0. The largest absolute Gasteiger partial charge is 0.478 e. The van der Waals surface area contributed by atoms with Gasteiger partial charge in [-0.2, -0.15) is 0 Å². The predicted molar refractivity (Wildman–Crippen MR) is 158 cm³/mol. The van der Waals surface area contributed by atoms with Crippen LogP contribution in [0.3, 0.4) is 0 Å². The molecule has 6 rings (SSSR count). The topological polar surface area (TPSA) is 138 Å². The highest BCUT2D eigenvalue weighted by Gasteiger charge is 2.09. The zero-order valence-corrected chi connectivity index (χ0v) is 22.3. The van der Waals surface area contributed by atoms with Crippen LogP contribution in [0.4, 0.5) is 0 Å². The van der Waals surface area contributed by atoms with Crippen molar-refractivity contribution in [3.63, 3.8) is 0 Å². The van der Waals surface area contributed by atoms with Crippen molar-refractivity contribution in [2.75, 3.05) is 0 Å². The third-order valence-electron chi connectivity index (χ3n) is 6.18. The standard InChI is InChI=1S/2C11H9NO2.C11H8O2/c2*1-7-5-6-8-3-2-4-9(11(13)14)10(8)12-7;12-11(13)10-6-5-8-3-1-2-4-9(8)7-10/h2*2-6H,1H3,(H,13,14);1-7H,(H,12,13). The first-order chi connectivity index (χ1) is 19.6. The van der Waals surface area contributed by atoms with Gasteiger partial charge in [0, 0.05) is 22.2 Å². The second kappa shape index (κ2) is 12.5. The van der Waals surface area contributed by atoms with Gasteiger partial charge < -0.3 is 15.3 Å². The van der Waals surface area contributed by atoms with Crippen LogP contribution in [0.5, 0.6) is 0 Å². The number of para-hydroxylation sites is 2. The molecule has 0 saturated carbocycles. The van der Waals surface area contributed by atoms with Crippen molar-refractivity contribution in [2.24, 2.45) is 0 Å². The van der Waals surface area contributed by atoms with Gasteiger partial charge in [0.15, 0.2) is 0 Å². The summed E-state index contributed by atoms with van der Waals surface area (Å²) in [4.78, 5) is 40.8. The fourth-order valence-electron chi connectivity index (χ4n) is 4.16. The quantitative estimate of drug-likeness (QED) is 0.215. The zero-order valence-electron chi connectivity index (χ0n) is 22.3. The molecule has 0 fully saturated rings. The van der Waals surface area contributed by atoms with Crippen LogP contribution in [0.2, 0.25) is 0 Å². The van der Waals surface area contributed by atoms with Gasteiger partial charge in [0.1, 0.15) is 0 Å². The summed E-state index contributed by atoms with van der Waals surface area (Å²) in [5.41, 5.74) is 3.61. The molecule has 8 nitrogen and oxygen atoms in total. The Morgan fingerprint density at radius 3 is 1.39 bits per heavy atom. The molecule has 0 atom stereocenters. The van der Waals surface area contributed by atoms with Gasteiger partial charge in [0.2, 0.25) is 0 Å². The number of nitrogens with zero attached hydrogens (tertiary/aromatic N) is 2. The lowest BCUT2D eigenvalue weighted by atomic mass is 10.1. The highest BCUT2D eigenvalue weighted by atomic mass is 16.4. The first kappa shape index (κ1) is 28.4. The van der Waals surface area contributed by atoms with E-state index in [1.54, 1.807) is 36.4 Å². The molecule has 0 aliphatic heterocycles. The van der Waals surface area contributed by atoms with E-state index in [1.165, 1.54) is 0 Å². The summed E-state index contributed by atoms with van der Waals surface area (Å²) in [6.07, 6.45) is 0. The van der Waals surface area contributed by atoms with E-state index in [0.29, 0.717) is 16.6 Å². The number of benzene rings is 4. The lowest BCUT2D eigenvalue weighted by Gasteiger charge is -2.01. The van der Waals surface area contributed by atoms with Crippen molar-refractivity contribution >= 4 is 50.5 Å². The van der Waals surface area contributed by atoms with Crippen molar-refractivity contribution in [2.45, 2.75) is 13.8 Å². The number of aryl methyl sites for hydroxylation is 2. The molecule has 6 aromatic rings. The van der Waals surface area contributed by atoms with Crippen molar-refractivity contribution < 1.29 is 29.7 Å². The smallest absolute Gasteiger partial charge is 0.337 e. The van der Waals surface area contributed by atoms with Gasteiger partial charge >= 0.3 is 17.9 Å². The number of fused-ring (bicyclic) bond motifs is 3. The van der Waals surface area contributed by atoms with E-state index in [9.17, 15) is 14.4 Å². The van der Waals surface area contributed by atoms with Crippen LogP contribution < -0.4 is 0 Å². The Labute approximate surface area is 235 Å². The van der Waals surface area contributed by atoms with Crippen LogP contribution >= 0.6 is 0 Å². The fraction of sp³-hybridized carbons (Fsp3) is 0.0606. The Bertz CT molecular complexity index is 1820. The van der Waals surface area contributed by atoms with Gasteiger partial charge in [-0.1, -0.05) is 66.7 Å². The minimum absolute atomic E-state index is 0.256. The molecule has 204 valence electrons. The SMILES string of the molecule is Cc1ccc2cccc(C(=O)O)c2n1.Cc1ccc2cccc(C(=O)O)c2n1.O=C(O)c1ccc2ccccc2c1. The third-order valence-corrected chi connectivity index (χ3v) is 6.18. The predicted octanol–water partition coefficient (Wildman–Crippen LogP) is 7.02. The molecular weight excluding hydrogens is 520 g/mol. The van der Waals surface area contributed by atoms with E-state index in [1.807, 2.05) is 80.6 Å². The van der Waals surface area contributed by atoms with Gasteiger partial charge in [-0.05, 0) is 61.0 Å². The normalized spacial score (nSPS) is 10.3. The van der Waals surface area contributed by atoms with Crippen molar-refractivity contribution in [3.8, 4) is 0 Å². The number of pyridine rings is 2. The number of carboxylic acids is 3. The molecule has 0 aliphatic carbocycles. The second-order valence-corrected chi connectivity index (χ2v) is 9.14. The van der Waals surface area contributed by atoms with E-state index < -0.39 is 17.9 Å². The Kier molecular flexibility index (Phi) is 8.64. The molecule has 2 aromatic heterocycles. The Hall–Kier alpha value is -5.63. The van der Waals surface area contributed by atoms with E-state index in [2.05, 4.69) is 9.97 Å². The van der Waals surface area contributed by atoms with Crippen LogP contribution in [0.15, 0.2) is 103 Å². The van der Waals surface area contributed by atoms with Crippen molar-refractivity contribution in [1.29, 1.82) is 0 Å². The van der Waals surface area contributed by atoms with E-state index in [-0.39, 0.29) is 11.1 Å². The van der Waals surface area contributed by atoms with Gasteiger partial charge in [-0.25, -0.2) is 14.4 Å². The summed E-state index contributed by atoms with van der Waals surface area (Å²) < 4.78 is 0. The van der Waals surface area contributed by atoms with Gasteiger partial charge in [-0.15, -0.1) is 0 Å². The number of hydrogen-bond donors (Lipinski definition) is 3. The van der Waals surface area contributed by atoms with Crippen LogP contribution in [0.1, 0.15) is 42.5 Å². The zero-order chi connectivity index (χ0) is 29.5. The maximum absolute atomic E-state index is 10.9. The number of rotatable bonds is 3. The Morgan fingerprint density at radius 1 is 0.488 bits per heavy atom. The minimum Gasteiger partial charge on any atom is -0.478 e. The van der Waals surface area contributed by atoms with Crippen molar-refractivity contribution in [3.05, 3.63) is 131 Å². The second-order valence-electron chi connectivity index (χ2n) is 9.14. The van der Waals surface area contributed by atoms with E-state index in [0.717, 1.165) is 32.9 Å². The number of aromatic nitrogens is 2. The molecular formula is C33H26N2O6. The molecule has 0 bridgehead atoms. The number of carboxylic acid groups (broad SMARTS) is 3. The van der Waals surface area contributed by atoms with Crippen molar-refractivity contribution in [1.82, 2.24) is 9.97 Å². The molecule has 0 spiro atoms. The minimum atomic E-state index is -0.936. The molecule has 41 heavy (non-hydrogen) atoms. The molecule has 3 N–H and O–H groups in total. The monoisotopic (exact) mass is 546 g/mol. The van der Waals surface area contributed by atoms with Gasteiger partial charge in [-0.3, -0.25) is 9.97 Å². The summed E-state index contributed by atoms with van der Waals surface area (Å²) in [6, 6.07) is 30.6. The molecule has 4 aromatic carbocycles. The van der Waals surface area contributed by atoms with Gasteiger partial charge in [0.25, 0.3) is 0 Å². The van der Waals surface area contributed by atoms with Crippen LogP contribution in [0.25, 0.3) is 32.6 Å². The third kappa shape index (κ3) is 6.88. The highest BCUT2D eigenvalue weighted by Crippen LogP contribution is 2.18. The maximum Gasteiger partial charge on any atom is 0.337 e. The summed E-state index contributed by atoms with van der Waals surface area (Å²) in [5.74, 6) is -2.76. The molecule has 0 aliphatic rings. The first-order valence-electron chi connectivity index (χ1n) is 12.6. The van der Waals surface area contributed by atoms with Crippen LogP contribution in [-0.2, 0) is 0 Å². The first-order valence-corrected chi connectivity index (χ1v) is 12.6. The Balaban J connectivity index is 0.000000142.